The zero-order valence-electron chi connectivity index (χ0n) is 16.5. The molecular formula is C21H28N4O. The molecule has 2 N–H and O–H groups in total. The molecule has 1 aromatic carbocycles. The highest BCUT2D eigenvalue weighted by molar-refractivity contribution is 5.77. The Hall–Kier alpha value is -2.40. The standard InChI is InChI=1S/C21H28N4O/c1-13-7-8-15(14(2)22)11-16(13)17-9-10-18-19(23-17)24(6)20(26)25(18)12-21(3,4)5/h7-11,14H,12,22H2,1-6H3/t14-/m1/s1. The summed E-state index contributed by atoms with van der Waals surface area (Å²) in [4.78, 5) is 17.5. The number of nitrogens with zero attached hydrogens (tertiary/aromatic N) is 3. The van der Waals surface area contributed by atoms with Crippen molar-refractivity contribution in [1.82, 2.24) is 14.1 Å². The van der Waals surface area contributed by atoms with Crippen molar-refractivity contribution >= 4 is 11.2 Å². The van der Waals surface area contributed by atoms with Gasteiger partial charge in [-0.2, -0.15) is 0 Å². The molecule has 0 amide bonds. The van der Waals surface area contributed by atoms with Crippen molar-refractivity contribution in [2.24, 2.45) is 18.2 Å². The number of fused-ring (bicyclic) bond motifs is 1. The van der Waals surface area contributed by atoms with Crippen molar-refractivity contribution in [1.29, 1.82) is 0 Å². The fraction of sp³-hybridized carbons (Fsp3) is 0.429. The fourth-order valence-electron chi connectivity index (χ4n) is 3.25. The van der Waals surface area contributed by atoms with Crippen molar-refractivity contribution in [2.45, 2.75) is 47.2 Å². The molecule has 3 aromatic rings. The highest BCUT2D eigenvalue weighted by Gasteiger charge is 2.19. The van der Waals surface area contributed by atoms with Crippen LogP contribution in [0, 0.1) is 12.3 Å². The molecule has 2 heterocycles. The zero-order valence-corrected chi connectivity index (χ0v) is 16.5. The lowest BCUT2D eigenvalue weighted by molar-refractivity contribution is 0.342. The van der Waals surface area contributed by atoms with E-state index in [-0.39, 0.29) is 17.1 Å². The van der Waals surface area contributed by atoms with Crippen LogP contribution >= 0.6 is 0 Å². The Labute approximate surface area is 154 Å². The van der Waals surface area contributed by atoms with Crippen LogP contribution in [0.4, 0.5) is 0 Å². The summed E-state index contributed by atoms with van der Waals surface area (Å²) in [6, 6.07) is 10.2. The van der Waals surface area contributed by atoms with Gasteiger partial charge in [0.25, 0.3) is 0 Å². The number of nitrogens with two attached hydrogens (primary N) is 1. The number of rotatable bonds is 3. The minimum atomic E-state index is -0.0321. The third-order valence-electron chi connectivity index (χ3n) is 4.68. The average Bonchev–Trinajstić information content (AvgIpc) is 2.78. The smallest absolute Gasteiger partial charge is 0.324 e. The van der Waals surface area contributed by atoms with Gasteiger partial charge in [-0.25, -0.2) is 9.78 Å². The molecule has 0 spiro atoms. The molecule has 0 saturated carbocycles. The van der Waals surface area contributed by atoms with E-state index in [1.54, 1.807) is 11.6 Å². The van der Waals surface area contributed by atoms with E-state index in [0.29, 0.717) is 12.2 Å². The number of aryl methyl sites for hydroxylation is 2. The Morgan fingerprint density at radius 3 is 2.50 bits per heavy atom. The largest absolute Gasteiger partial charge is 0.330 e. The van der Waals surface area contributed by atoms with E-state index in [0.717, 1.165) is 27.9 Å². The van der Waals surface area contributed by atoms with Crippen LogP contribution in [-0.2, 0) is 13.6 Å². The van der Waals surface area contributed by atoms with Gasteiger partial charge < -0.3 is 5.73 Å². The number of hydrogen-bond donors (Lipinski definition) is 1. The summed E-state index contributed by atoms with van der Waals surface area (Å²) in [5.41, 5.74) is 11.7. The first-order valence-corrected chi connectivity index (χ1v) is 9.01. The fourth-order valence-corrected chi connectivity index (χ4v) is 3.25. The Balaban J connectivity index is 2.19. The van der Waals surface area contributed by atoms with E-state index < -0.39 is 0 Å². The Morgan fingerprint density at radius 2 is 1.88 bits per heavy atom. The number of hydrogen-bond acceptors (Lipinski definition) is 3. The van der Waals surface area contributed by atoms with Gasteiger partial charge >= 0.3 is 5.69 Å². The number of imidazole rings is 1. The SMILES string of the molecule is Cc1ccc([C@@H](C)N)cc1-c1ccc2c(n1)n(C)c(=O)n2CC(C)(C)C. The van der Waals surface area contributed by atoms with Crippen LogP contribution in [-0.4, -0.2) is 14.1 Å². The van der Waals surface area contributed by atoms with Crippen molar-refractivity contribution in [2.75, 3.05) is 0 Å². The van der Waals surface area contributed by atoms with Gasteiger partial charge in [-0.1, -0.05) is 32.9 Å². The molecule has 0 aliphatic carbocycles. The van der Waals surface area contributed by atoms with Crippen LogP contribution in [0.5, 0.6) is 0 Å². The van der Waals surface area contributed by atoms with Gasteiger partial charge in [0.05, 0.1) is 11.2 Å². The number of aromatic nitrogens is 3. The van der Waals surface area contributed by atoms with Crippen LogP contribution in [0.3, 0.4) is 0 Å². The van der Waals surface area contributed by atoms with Gasteiger partial charge in [0, 0.05) is 25.2 Å². The second-order valence-corrected chi connectivity index (χ2v) is 8.39. The number of pyridine rings is 1. The van der Waals surface area contributed by atoms with Gasteiger partial charge in [-0.05, 0) is 48.6 Å². The predicted octanol–water partition coefficient (Wildman–Crippen LogP) is 3.78. The lowest BCUT2D eigenvalue weighted by Gasteiger charge is -2.18. The van der Waals surface area contributed by atoms with Gasteiger partial charge in [0.15, 0.2) is 5.65 Å². The van der Waals surface area contributed by atoms with Crippen LogP contribution < -0.4 is 11.4 Å². The molecule has 0 unspecified atom stereocenters. The van der Waals surface area contributed by atoms with Gasteiger partial charge in [-0.3, -0.25) is 9.13 Å². The van der Waals surface area contributed by atoms with E-state index >= 15 is 0 Å². The van der Waals surface area contributed by atoms with Crippen LogP contribution in [0.1, 0.15) is 44.9 Å². The Bertz CT molecular complexity index is 1020. The summed E-state index contributed by atoms with van der Waals surface area (Å²) in [7, 11) is 1.78. The van der Waals surface area contributed by atoms with E-state index in [1.807, 2.05) is 23.6 Å². The van der Waals surface area contributed by atoms with E-state index in [2.05, 4.69) is 45.9 Å². The second-order valence-electron chi connectivity index (χ2n) is 8.39. The summed E-state index contributed by atoms with van der Waals surface area (Å²) in [6.45, 7) is 11.1. The third-order valence-corrected chi connectivity index (χ3v) is 4.68. The molecule has 5 nitrogen and oxygen atoms in total. The van der Waals surface area contributed by atoms with Crippen LogP contribution in [0.2, 0.25) is 0 Å². The molecule has 0 saturated heterocycles. The van der Waals surface area contributed by atoms with Crippen molar-refractivity contribution in [3.8, 4) is 11.3 Å². The summed E-state index contributed by atoms with van der Waals surface area (Å²) in [5.74, 6) is 0. The zero-order chi connectivity index (χ0) is 19.2. The van der Waals surface area contributed by atoms with Gasteiger partial charge in [0.2, 0.25) is 0 Å². The van der Waals surface area contributed by atoms with E-state index in [9.17, 15) is 4.79 Å². The van der Waals surface area contributed by atoms with E-state index in [4.69, 9.17) is 10.7 Å². The Kier molecular flexibility index (Phi) is 4.53. The van der Waals surface area contributed by atoms with Crippen molar-refractivity contribution in [3.05, 3.63) is 51.9 Å². The molecule has 0 fully saturated rings. The molecule has 138 valence electrons. The average molecular weight is 352 g/mol. The lowest BCUT2D eigenvalue weighted by atomic mass is 9.97. The highest BCUT2D eigenvalue weighted by Crippen LogP contribution is 2.27. The van der Waals surface area contributed by atoms with E-state index in [1.165, 1.54) is 0 Å². The molecule has 3 rings (SSSR count). The molecule has 26 heavy (non-hydrogen) atoms. The lowest BCUT2D eigenvalue weighted by Crippen LogP contribution is -2.27. The van der Waals surface area contributed by atoms with Crippen molar-refractivity contribution in [3.63, 3.8) is 0 Å². The molecule has 5 heteroatoms. The molecule has 2 aromatic heterocycles. The maximum absolute atomic E-state index is 12.7. The van der Waals surface area contributed by atoms with Crippen LogP contribution in [0.25, 0.3) is 22.4 Å². The van der Waals surface area contributed by atoms with Gasteiger partial charge in [0.1, 0.15) is 0 Å². The summed E-state index contributed by atoms with van der Waals surface area (Å²) in [6.07, 6.45) is 0. The van der Waals surface area contributed by atoms with Crippen molar-refractivity contribution < 1.29 is 0 Å². The first-order chi connectivity index (χ1) is 12.1. The first kappa shape index (κ1) is 18.4. The number of benzene rings is 1. The molecular weight excluding hydrogens is 324 g/mol. The minimum Gasteiger partial charge on any atom is -0.324 e. The topological polar surface area (TPSA) is 65.8 Å². The first-order valence-electron chi connectivity index (χ1n) is 9.01. The normalized spacial score (nSPS) is 13.3. The molecule has 0 bridgehead atoms. The molecule has 1 atom stereocenters. The quantitative estimate of drug-likeness (QED) is 0.780. The maximum Gasteiger partial charge on any atom is 0.330 e. The maximum atomic E-state index is 12.7. The Morgan fingerprint density at radius 1 is 1.19 bits per heavy atom. The third kappa shape index (κ3) is 3.31. The van der Waals surface area contributed by atoms with Gasteiger partial charge in [-0.15, -0.1) is 0 Å². The summed E-state index contributed by atoms with van der Waals surface area (Å²) in [5, 5.41) is 0. The molecule has 0 aliphatic rings. The molecule has 0 radical (unpaired) electrons. The molecule has 0 aliphatic heterocycles. The minimum absolute atomic E-state index is 0.0129. The second kappa shape index (κ2) is 6.40. The summed E-state index contributed by atoms with van der Waals surface area (Å²) >= 11 is 0. The summed E-state index contributed by atoms with van der Waals surface area (Å²) < 4.78 is 3.45. The monoisotopic (exact) mass is 352 g/mol. The van der Waals surface area contributed by atoms with Crippen LogP contribution in [0.15, 0.2) is 35.1 Å². The predicted molar refractivity (Wildman–Crippen MR) is 107 cm³/mol. The highest BCUT2D eigenvalue weighted by atomic mass is 16.1.